The van der Waals surface area contributed by atoms with E-state index in [0.29, 0.717) is 12.6 Å². The van der Waals surface area contributed by atoms with Crippen LogP contribution < -0.4 is 5.32 Å². The van der Waals surface area contributed by atoms with Gasteiger partial charge in [0.25, 0.3) is 0 Å². The molecule has 1 fully saturated rings. The summed E-state index contributed by atoms with van der Waals surface area (Å²) in [7, 11) is 0. The molecule has 0 amide bonds. The van der Waals surface area contributed by atoms with E-state index in [1.165, 1.54) is 5.56 Å². The molecule has 0 radical (unpaired) electrons. The Morgan fingerprint density at radius 2 is 1.88 bits per heavy atom. The van der Waals surface area contributed by atoms with Gasteiger partial charge in [0, 0.05) is 24.8 Å². The topological polar surface area (TPSA) is 55.8 Å². The number of aldehydes is 1. The molecule has 2 N–H and O–H groups in total. The number of nitrogens with one attached hydrogen (secondary N) is 1. The van der Waals surface area contributed by atoms with Crippen LogP contribution in [0, 0.1) is 0 Å². The van der Waals surface area contributed by atoms with Crippen molar-refractivity contribution in [3.05, 3.63) is 59.7 Å². The fourth-order valence-electron chi connectivity index (χ4n) is 4.11. The number of hydrogen-bond acceptors (Lipinski definition) is 5. The minimum Gasteiger partial charge on any atom is -0.508 e. The van der Waals surface area contributed by atoms with E-state index >= 15 is 0 Å². The summed E-state index contributed by atoms with van der Waals surface area (Å²) in [4.78, 5) is 16.4. The van der Waals surface area contributed by atoms with E-state index in [9.17, 15) is 9.90 Å². The number of likely N-dealkylation sites (tertiary alicyclic amines) is 1. The summed E-state index contributed by atoms with van der Waals surface area (Å²) in [5.74, 6) is 0.271. The summed E-state index contributed by atoms with van der Waals surface area (Å²) >= 11 is 0. The Labute approximate surface area is 154 Å². The Morgan fingerprint density at radius 3 is 2.62 bits per heavy atom. The van der Waals surface area contributed by atoms with Gasteiger partial charge in [0.2, 0.25) is 0 Å². The third-order valence-corrected chi connectivity index (χ3v) is 5.51. The van der Waals surface area contributed by atoms with Crippen LogP contribution in [0.3, 0.4) is 0 Å². The van der Waals surface area contributed by atoms with Crippen LogP contribution in [0.4, 0.5) is 5.69 Å². The number of hydrogen-bond donors (Lipinski definition) is 2. The lowest BCUT2D eigenvalue weighted by Gasteiger charge is -2.43. The molecule has 0 aromatic heterocycles. The fourth-order valence-corrected chi connectivity index (χ4v) is 4.11. The predicted molar refractivity (Wildman–Crippen MR) is 102 cm³/mol. The van der Waals surface area contributed by atoms with Gasteiger partial charge in [-0.3, -0.25) is 14.6 Å². The highest BCUT2D eigenvalue weighted by Gasteiger charge is 2.33. The summed E-state index contributed by atoms with van der Waals surface area (Å²) < 4.78 is 0. The van der Waals surface area contributed by atoms with Crippen LogP contribution in [0.5, 0.6) is 5.75 Å². The number of aromatic hydroxyl groups is 1. The van der Waals surface area contributed by atoms with Crippen molar-refractivity contribution in [2.75, 3.05) is 18.4 Å². The number of benzene rings is 2. The molecule has 4 rings (SSSR count). The third-order valence-electron chi connectivity index (χ3n) is 5.51. The van der Waals surface area contributed by atoms with Gasteiger partial charge >= 0.3 is 0 Å². The van der Waals surface area contributed by atoms with E-state index < -0.39 is 0 Å². The average molecular weight is 351 g/mol. The van der Waals surface area contributed by atoms with Crippen LogP contribution >= 0.6 is 0 Å². The van der Waals surface area contributed by atoms with Crippen molar-refractivity contribution in [3.8, 4) is 5.75 Å². The average Bonchev–Trinajstić information content (AvgIpc) is 2.68. The molecule has 1 saturated heterocycles. The first kappa shape index (κ1) is 17.1. The second kappa shape index (κ2) is 7.48. The molecule has 2 aromatic carbocycles. The molecule has 0 spiro atoms. The maximum absolute atomic E-state index is 11.6. The van der Waals surface area contributed by atoms with E-state index in [2.05, 4.69) is 39.4 Å². The standard InChI is InChI=1S/C21H25N3O2/c25-15-21-22-20-7-6-19(26)12-17(20)14-24(21)18-8-10-23(11-9-18)13-16-4-2-1-3-5-16/h1-7,12,15,18,21-22,26H,8-11,13-14H2. The van der Waals surface area contributed by atoms with Crippen molar-refractivity contribution in [2.24, 2.45) is 0 Å². The number of carbonyl (C=O) groups is 1. The Hall–Kier alpha value is -2.37. The van der Waals surface area contributed by atoms with Gasteiger partial charge in [0.15, 0.2) is 6.29 Å². The lowest BCUT2D eigenvalue weighted by Crippen LogP contribution is -2.53. The van der Waals surface area contributed by atoms with Crippen LogP contribution in [0.25, 0.3) is 0 Å². The van der Waals surface area contributed by atoms with Crippen molar-refractivity contribution in [1.82, 2.24) is 9.80 Å². The molecule has 1 unspecified atom stereocenters. The molecule has 5 heteroatoms. The Balaban J connectivity index is 1.41. The molecule has 2 heterocycles. The smallest absolute Gasteiger partial charge is 0.157 e. The number of carbonyl (C=O) groups excluding carboxylic acids is 1. The summed E-state index contributed by atoms with van der Waals surface area (Å²) in [6, 6.07) is 16.2. The Morgan fingerprint density at radius 1 is 1.12 bits per heavy atom. The summed E-state index contributed by atoms with van der Waals surface area (Å²) in [6.07, 6.45) is 2.80. The molecule has 26 heavy (non-hydrogen) atoms. The number of phenols is 1. The van der Waals surface area contributed by atoms with Crippen molar-refractivity contribution < 1.29 is 9.90 Å². The zero-order valence-electron chi connectivity index (χ0n) is 14.8. The normalized spacial score (nSPS) is 21.8. The molecule has 2 aliphatic rings. The van der Waals surface area contributed by atoms with Gasteiger partial charge < -0.3 is 10.4 Å². The largest absolute Gasteiger partial charge is 0.508 e. The van der Waals surface area contributed by atoms with E-state index in [1.54, 1.807) is 12.1 Å². The predicted octanol–water partition coefficient (Wildman–Crippen LogP) is 2.81. The molecule has 0 saturated carbocycles. The highest BCUT2D eigenvalue weighted by atomic mass is 16.3. The second-order valence-electron chi connectivity index (χ2n) is 7.23. The third kappa shape index (κ3) is 3.59. The molecular weight excluding hydrogens is 326 g/mol. The van der Waals surface area contributed by atoms with Crippen LogP contribution in [0.2, 0.25) is 0 Å². The Bertz CT molecular complexity index is 757. The van der Waals surface area contributed by atoms with Crippen molar-refractivity contribution in [1.29, 1.82) is 0 Å². The van der Waals surface area contributed by atoms with Gasteiger partial charge in [-0.1, -0.05) is 30.3 Å². The van der Waals surface area contributed by atoms with Crippen molar-refractivity contribution in [3.63, 3.8) is 0 Å². The summed E-state index contributed by atoms with van der Waals surface area (Å²) in [6.45, 7) is 3.76. The second-order valence-corrected chi connectivity index (χ2v) is 7.23. The maximum atomic E-state index is 11.6. The van der Waals surface area contributed by atoms with Gasteiger partial charge in [0.1, 0.15) is 11.9 Å². The molecule has 0 aliphatic carbocycles. The number of fused-ring (bicyclic) bond motifs is 1. The molecule has 2 aliphatic heterocycles. The van der Waals surface area contributed by atoms with E-state index in [1.807, 2.05) is 12.1 Å². The SMILES string of the molecule is O=CC1Nc2ccc(O)cc2CN1C1CCN(Cc2ccccc2)CC1. The van der Waals surface area contributed by atoms with Crippen LogP contribution in [-0.4, -0.2) is 46.5 Å². The van der Waals surface area contributed by atoms with E-state index in [4.69, 9.17) is 0 Å². The summed E-state index contributed by atoms with van der Waals surface area (Å²) in [5.41, 5.74) is 3.34. The lowest BCUT2D eigenvalue weighted by atomic mass is 9.99. The van der Waals surface area contributed by atoms with E-state index in [-0.39, 0.29) is 11.9 Å². The lowest BCUT2D eigenvalue weighted by molar-refractivity contribution is -0.113. The zero-order valence-corrected chi connectivity index (χ0v) is 14.8. The van der Waals surface area contributed by atoms with Crippen LogP contribution in [-0.2, 0) is 17.9 Å². The fraction of sp³-hybridized carbons (Fsp3) is 0.381. The van der Waals surface area contributed by atoms with Crippen molar-refractivity contribution >= 4 is 12.0 Å². The van der Waals surface area contributed by atoms with Gasteiger partial charge in [-0.05, 0) is 55.3 Å². The van der Waals surface area contributed by atoms with Gasteiger partial charge in [-0.25, -0.2) is 0 Å². The first-order chi connectivity index (χ1) is 12.7. The van der Waals surface area contributed by atoms with Crippen LogP contribution in [0.1, 0.15) is 24.0 Å². The first-order valence-electron chi connectivity index (χ1n) is 9.28. The first-order valence-corrected chi connectivity index (χ1v) is 9.28. The Kier molecular flexibility index (Phi) is 4.91. The monoisotopic (exact) mass is 351 g/mol. The molecule has 136 valence electrons. The van der Waals surface area contributed by atoms with Gasteiger partial charge in [0.05, 0.1) is 0 Å². The quantitative estimate of drug-likeness (QED) is 0.655. The highest BCUT2D eigenvalue weighted by Crippen LogP contribution is 2.31. The molecule has 1 atom stereocenters. The molecule has 2 aromatic rings. The van der Waals surface area contributed by atoms with Crippen LogP contribution in [0.15, 0.2) is 48.5 Å². The minimum atomic E-state index is -0.294. The maximum Gasteiger partial charge on any atom is 0.157 e. The number of rotatable bonds is 4. The summed E-state index contributed by atoms with van der Waals surface area (Å²) in [5, 5.41) is 13.1. The van der Waals surface area contributed by atoms with Gasteiger partial charge in [-0.15, -0.1) is 0 Å². The molecule has 0 bridgehead atoms. The highest BCUT2D eigenvalue weighted by molar-refractivity contribution is 5.68. The van der Waals surface area contributed by atoms with Gasteiger partial charge in [-0.2, -0.15) is 0 Å². The molecular formula is C21H25N3O2. The minimum absolute atomic E-state index is 0.271. The number of phenolic OH excluding ortho intramolecular Hbond substituents is 1. The molecule has 5 nitrogen and oxygen atoms in total. The number of nitrogens with zero attached hydrogens (tertiary/aromatic N) is 2. The van der Waals surface area contributed by atoms with E-state index in [0.717, 1.165) is 50.0 Å². The number of anilines is 1. The number of piperidine rings is 1. The zero-order chi connectivity index (χ0) is 17.9. The van der Waals surface area contributed by atoms with Crippen molar-refractivity contribution in [2.45, 2.75) is 38.1 Å².